The third-order valence-corrected chi connectivity index (χ3v) is 2.27. The number of carbonyl (C=O) groups excluding carboxylic acids is 1. The van der Waals surface area contributed by atoms with E-state index in [9.17, 15) is 9.18 Å². The van der Waals surface area contributed by atoms with Gasteiger partial charge in [0.1, 0.15) is 5.82 Å². The number of hydrogen-bond donors (Lipinski definition) is 2. The molecule has 0 aliphatic rings. The van der Waals surface area contributed by atoms with Gasteiger partial charge in [-0.1, -0.05) is 0 Å². The number of nitrogens with one attached hydrogen (secondary N) is 1. The summed E-state index contributed by atoms with van der Waals surface area (Å²) in [6, 6.07) is 3.97. The van der Waals surface area contributed by atoms with E-state index in [1.165, 1.54) is 18.2 Å². The van der Waals surface area contributed by atoms with E-state index in [4.69, 9.17) is 5.73 Å². The largest absolute Gasteiger partial charge is 0.396 e. The Balaban J connectivity index is 2.66. The van der Waals surface area contributed by atoms with Crippen molar-refractivity contribution in [3.63, 3.8) is 0 Å². The summed E-state index contributed by atoms with van der Waals surface area (Å²) in [6.45, 7) is 2.65. The topological polar surface area (TPSA) is 58.4 Å². The number of nitrogens with two attached hydrogens (primary N) is 1. The maximum absolute atomic E-state index is 12.9. The molecule has 1 aromatic rings. The number of rotatable bonds is 4. The van der Waals surface area contributed by atoms with Crippen molar-refractivity contribution in [1.29, 1.82) is 0 Å². The first-order valence-electron chi connectivity index (χ1n) is 5.40. The zero-order chi connectivity index (χ0) is 13.0. The van der Waals surface area contributed by atoms with Crippen molar-refractivity contribution in [3.05, 3.63) is 29.6 Å². The van der Waals surface area contributed by atoms with Gasteiger partial charge in [0.25, 0.3) is 5.91 Å². The molecule has 17 heavy (non-hydrogen) atoms. The van der Waals surface area contributed by atoms with Gasteiger partial charge in [-0.3, -0.25) is 4.79 Å². The Morgan fingerprint density at radius 3 is 2.71 bits per heavy atom. The van der Waals surface area contributed by atoms with Crippen LogP contribution < -0.4 is 11.1 Å². The predicted molar refractivity (Wildman–Crippen MR) is 66.3 cm³/mol. The second-order valence-electron chi connectivity index (χ2n) is 4.37. The Morgan fingerprint density at radius 1 is 1.53 bits per heavy atom. The SMILES string of the molecule is CC(CN(C)C)NC(=O)c1ccc(F)c(N)c1. The summed E-state index contributed by atoms with van der Waals surface area (Å²) in [5, 5.41) is 2.82. The number of amides is 1. The number of benzene rings is 1. The van der Waals surface area contributed by atoms with Crippen LogP contribution in [-0.2, 0) is 0 Å². The van der Waals surface area contributed by atoms with Crippen LogP contribution >= 0.6 is 0 Å². The smallest absolute Gasteiger partial charge is 0.251 e. The molecule has 0 aromatic heterocycles. The van der Waals surface area contributed by atoms with Gasteiger partial charge in [-0.15, -0.1) is 0 Å². The van der Waals surface area contributed by atoms with Crippen molar-refractivity contribution in [3.8, 4) is 0 Å². The summed E-state index contributed by atoms with van der Waals surface area (Å²) in [7, 11) is 3.86. The van der Waals surface area contributed by atoms with E-state index in [0.29, 0.717) is 5.56 Å². The van der Waals surface area contributed by atoms with Crippen molar-refractivity contribution < 1.29 is 9.18 Å². The average Bonchev–Trinajstić information content (AvgIpc) is 2.20. The molecule has 1 aromatic carbocycles. The first-order chi connectivity index (χ1) is 7.90. The Bertz CT molecular complexity index is 407. The summed E-state index contributed by atoms with van der Waals surface area (Å²) in [5.74, 6) is -0.756. The lowest BCUT2D eigenvalue weighted by Gasteiger charge is -2.18. The van der Waals surface area contributed by atoms with Gasteiger partial charge in [0, 0.05) is 18.2 Å². The molecule has 4 nitrogen and oxygen atoms in total. The fourth-order valence-electron chi connectivity index (χ4n) is 1.59. The molecule has 1 unspecified atom stereocenters. The fraction of sp³-hybridized carbons (Fsp3) is 0.417. The summed E-state index contributed by atoms with van der Waals surface area (Å²) < 4.78 is 12.9. The van der Waals surface area contributed by atoms with Crippen molar-refractivity contribution in [1.82, 2.24) is 10.2 Å². The Kier molecular flexibility index (Phi) is 4.45. The predicted octanol–water partition coefficient (Wildman–Crippen LogP) is 1.09. The van der Waals surface area contributed by atoms with Crippen LogP contribution in [0.2, 0.25) is 0 Å². The molecular formula is C12H18FN3O. The maximum atomic E-state index is 12.9. The summed E-state index contributed by atoms with van der Waals surface area (Å²) in [6.07, 6.45) is 0. The van der Waals surface area contributed by atoms with E-state index >= 15 is 0 Å². The Hall–Kier alpha value is -1.62. The summed E-state index contributed by atoms with van der Waals surface area (Å²) >= 11 is 0. The molecule has 0 saturated heterocycles. The number of nitrogens with zero attached hydrogens (tertiary/aromatic N) is 1. The highest BCUT2D eigenvalue weighted by Crippen LogP contribution is 2.12. The minimum Gasteiger partial charge on any atom is -0.396 e. The summed E-state index contributed by atoms with van der Waals surface area (Å²) in [4.78, 5) is 13.8. The molecule has 3 N–H and O–H groups in total. The van der Waals surface area contributed by atoms with Crippen LogP contribution in [0, 0.1) is 5.82 Å². The van der Waals surface area contributed by atoms with Crippen LogP contribution in [0.5, 0.6) is 0 Å². The van der Waals surface area contributed by atoms with E-state index < -0.39 is 5.82 Å². The van der Waals surface area contributed by atoms with Crippen LogP contribution in [0.25, 0.3) is 0 Å². The van der Waals surface area contributed by atoms with E-state index in [2.05, 4.69) is 5.32 Å². The van der Waals surface area contributed by atoms with E-state index in [0.717, 1.165) is 6.54 Å². The first-order valence-corrected chi connectivity index (χ1v) is 5.40. The van der Waals surface area contributed by atoms with Crippen LogP contribution in [-0.4, -0.2) is 37.5 Å². The molecule has 1 atom stereocenters. The molecule has 1 rings (SSSR count). The van der Waals surface area contributed by atoms with E-state index in [-0.39, 0.29) is 17.6 Å². The third-order valence-electron chi connectivity index (χ3n) is 2.27. The molecule has 0 aliphatic heterocycles. The highest BCUT2D eigenvalue weighted by molar-refractivity contribution is 5.95. The molecule has 0 bridgehead atoms. The average molecular weight is 239 g/mol. The standard InChI is InChI=1S/C12H18FN3O/c1-8(7-16(2)3)15-12(17)9-4-5-10(13)11(14)6-9/h4-6,8H,7,14H2,1-3H3,(H,15,17). The molecule has 0 spiro atoms. The summed E-state index contributed by atoms with van der Waals surface area (Å²) in [5.41, 5.74) is 5.76. The van der Waals surface area contributed by atoms with E-state index in [1.54, 1.807) is 0 Å². The van der Waals surface area contributed by atoms with Gasteiger partial charge >= 0.3 is 0 Å². The first kappa shape index (κ1) is 13.4. The van der Waals surface area contributed by atoms with Gasteiger partial charge in [-0.2, -0.15) is 0 Å². The van der Waals surface area contributed by atoms with E-state index in [1.807, 2.05) is 25.9 Å². The molecule has 0 radical (unpaired) electrons. The second-order valence-corrected chi connectivity index (χ2v) is 4.37. The zero-order valence-corrected chi connectivity index (χ0v) is 10.3. The van der Waals surface area contributed by atoms with Crippen molar-refractivity contribution >= 4 is 11.6 Å². The van der Waals surface area contributed by atoms with Crippen LogP contribution in [0.3, 0.4) is 0 Å². The zero-order valence-electron chi connectivity index (χ0n) is 10.3. The van der Waals surface area contributed by atoms with Gasteiger partial charge in [0.2, 0.25) is 0 Å². The van der Waals surface area contributed by atoms with Crippen molar-refractivity contribution in [2.45, 2.75) is 13.0 Å². The Labute approximate surface area is 101 Å². The number of nitrogen functional groups attached to an aromatic ring is 1. The quantitative estimate of drug-likeness (QED) is 0.773. The van der Waals surface area contributed by atoms with Gasteiger partial charge < -0.3 is 16.0 Å². The fourth-order valence-corrected chi connectivity index (χ4v) is 1.59. The molecular weight excluding hydrogens is 221 g/mol. The van der Waals surface area contributed by atoms with Crippen LogP contribution in [0.1, 0.15) is 17.3 Å². The van der Waals surface area contributed by atoms with Gasteiger partial charge in [-0.25, -0.2) is 4.39 Å². The lowest BCUT2D eigenvalue weighted by Crippen LogP contribution is -2.39. The molecule has 1 amide bonds. The Morgan fingerprint density at radius 2 is 2.18 bits per heavy atom. The lowest BCUT2D eigenvalue weighted by molar-refractivity contribution is 0.0934. The molecule has 0 heterocycles. The number of likely N-dealkylation sites (N-methyl/N-ethyl adjacent to an activating group) is 1. The molecule has 0 fully saturated rings. The minimum atomic E-state index is -0.511. The van der Waals surface area contributed by atoms with Crippen LogP contribution in [0.15, 0.2) is 18.2 Å². The minimum absolute atomic E-state index is 0.0158. The van der Waals surface area contributed by atoms with Gasteiger partial charge in [0.15, 0.2) is 0 Å². The number of halogens is 1. The monoisotopic (exact) mass is 239 g/mol. The molecule has 94 valence electrons. The number of hydrogen-bond acceptors (Lipinski definition) is 3. The molecule has 0 saturated carbocycles. The second kappa shape index (κ2) is 5.63. The highest BCUT2D eigenvalue weighted by Gasteiger charge is 2.11. The van der Waals surface area contributed by atoms with Gasteiger partial charge in [-0.05, 0) is 39.2 Å². The highest BCUT2D eigenvalue weighted by atomic mass is 19.1. The number of carbonyl (C=O) groups is 1. The van der Waals surface area contributed by atoms with Gasteiger partial charge in [0.05, 0.1) is 5.69 Å². The maximum Gasteiger partial charge on any atom is 0.251 e. The molecule has 5 heteroatoms. The van der Waals surface area contributed by atoms with Crippen molar-refractivity contribution in [2.75, 3.05) is 26.4 Å². The number of anilines is 1. The van der Waals surface area contributed by atoms with Crippen molar-refractivity contribution in [2.24, 2.45) is 0 Å². The van der Waals surface area contributed by atoms with Crippen LogP contribution in [0.4, 0.5) is 10.1 Å². The normalized spacial score (nSPS) is 12.5. The lowest BCUT2D eigenvalue weighted by atomic mass is 10.1. The third kappa shape index (κ3) is 4.03. The molecule has 0 aliphatic carbocycles.